The third-order valence-electron chi connectivity index (χ3n) is 9.27. The number of carbonyl (C=O) groups is 7. The first-order valence-electron chi connectivity index (χ1n) is 16.6. The summed E-state index contributed by atoms with van der Waals surface area (Å²) in [6.45, 7) is 2.70. The highest BCUT2D eigenvalue weighted by Crippen LogP contribution is 2.26. The van der Waals surface area contributed by atoms with Gasteiger partial charge in [0.1, 0.15) is 42.9 Å². The molecule has 0 spiro atoms. The van der Waals surface area contributed by atoms with E-state index in [0.29, 0.717) is 6.42 Å². The molecule has 16 nitrogen and oxygen atoms in total. The molecule has 268 valence electrons. The lowest BCUT2D eigenvalue weighted by atomic mass is 10.0. The molecule has 3 saturated heterocycles. The van der Waals surface area contributed by atoms with Gasteiger partial charge in [-0.05, 0) is 44.1 Å². The van der Waals surface area contributed by atoms with Crippen LogP contribution < -0.4 is 21.3 Å². The fourth-order valence-corrected chi connectivity index (χ4v) is 6.63. The van der Waals surface area contributed by atoms with Gasteiger partial charge in [0.25, 0.3) is 0 Å². The Labute approximate surface area is 285 Å². The van der Waals surface area contributed by atoms with E-state index in [-0.39, 0.29) is 44.7 Å². The SMILES string of the molecule is CNC(=O)N[C@@H](Cc1ccccc1)C(=O)N[C@H]1COC(=O)[C@@H]2C[C@@H](C)CN2C(=O)[C@H](C)NC(=O)[C@H](CCO)N(C)C(=O)[C@@H]2CCCN2C1=O. The molecular formula is C33H47N7O9. The number of nitrogens with zero attached hydrogens (tertiary/aromatic N) is 3. The number of fused-ring (bicyclic) bond motifs is 2. The van der Waals surface area contributed by atoms with Crippen molar-refractivity contribution < 1.29 is 43.4 Å². The van der Waals surface area contributed by atoms with Crippen molar-refractivity contribution in [2.45, 2.75) is 82.2 Å². The summed E-state index contributed by atoms with van der Waals surface area (Å²) in [5.41, 5.74) is 0.735. The van der Waals surface area contributed by atoms with Crippen LogP contribution in [0.5, 0.6) is 0 Å². The van der Waals surface area contributed by atoms with E-state index in [1.807, 2.05) is 6.92 Å². The highest BCUT2D eigenvalue weighted by Gasteiger charge is 2.45. The zero-order valence-electron chi connectivity index (χ0n) is 28.3. The van der Waals surface area contributed by atoms with Crippen LogP contribution in [0.25, 0.3) is 0 Å². The standard InChI is InChI=1S/C33H47N7O9/c1-19-15-26-32(47)49-18-23(36-27(42)22(37-33(48)34-3)16-21-9-6-5-7-10-21)30(45)39-13-8-11-25(39)31(46)38(4)24(12-14-41)28(43)35-20(2)29(44)40(26)17-19/h5-7,9-10,19-20,22-26,41H,8,11-18H2,1-4H3,(H,35,43)(H,36,42)(H2,34,37,48)/t19-,20+,22+,23+,24+,25+,26+/m1/s1. The van der Waals surface area contributed by atoms with Crippen LogP contribution >= 0.6 is 0 Å². The van der Waals surface area contributed by atoms with E-state index in [4.69, 9.17) is 4.74 Å². The van der Waals surface area contributed by atoms with Gasteiger partial charge in [-0.3, -0.25) is 24.0 Å². The predicted octanol–water partition coefficient (Wildman–Crippen LogP) is -1.49. The third kappa shape index (κ3) is 8.85. The van der Waals surface area contributed by atoms with Gasteiger partial charge < -0.3 is 45.8 Å². The highest BCUT2D eigenvalue weighted by molar-refractivity contribution is 5.97. The first kappa shape index (κ1) is 37.1. The first-order chi connectivity index (χ1) is 23.4. The Morgan fingerprint density at radius 3 is 2.41 bits per heavy atom. The molecule has 7 atom stereocenters. The summed E-state index contributed by atoms with van der Waals surface area (Å²) in [6, 6.07) is 1.50. The van der Waals surface area contributed by atoms with Crippen LogP contribution in [0.15, 0.2) is 30.3 Å². The number of hydrogen-bond donors (Lipinski definition) is 5. The summed E-state index contributed by atoms with van der Waals surface area (Å²) in [7, 11) is 2.79. The molecule has 16 heteroatoms. The normalized spacial score (nSPS) is 27.5. The number of hydrogen-bond acceptors (Lipinski definition) is 9. The van der Waals surface area contributed by atoms with Gasteiger partial charge in [-0.25, -0.2) is 9.59 Å². The van der Waals surface area contributed by atoms with Gasteiger partial charge in [-0.2, -0.15) is 0 Å². The van der Waals surface area contributed by atoms with E-state index in [2.05, 4.69) is 21.3 Å². The van der Waals surface area contributed by atoms with E-state index >= 15 is 0 Å². The summed E-state index contributed by atoms with van der Waals surface area (Å²) in [5.74, 6) is -4.05. The van der Waals surface area contributed by atoms with Crippen molar-refractivity contribution in [2.75, 3.05) is 40.4 Å². The average Bonchev–Trinajstić information content (AvgIpc) is 3.74. The van der Waals surface area contributed by atoms with Crippen molar-refractivity contribution in [1.82, 2.24) is 36.0 Å². The minimum absolute atomic E-state index is 0.0746. The van der Waals surface area contributed by atoms with Gasteiger partial charge in [0.15, 0.2) is 0 Å². The van der Waals surface area contributed by atoms with Crippen molar-refractivity contribution in [3.05, 3.63) is 35.9 Å². The third-order valence-corrected chi connectivity index (χ3v) is 9.27. The molecule has 0 aliphatic carbocycles. The van der Waals surface area contributed by atoms with Crippen LogP contribution in [0.4, 0.5) is 4.79 Å². The summed E-state index contributed by atoms with van der Waals surface area (Å²) in [6.07, 6.45) is 0.958. The lowest BCUT2D eigenvalue weighted by Gasteiger charge is -2.35. The molecule has 0 bridgehead atoms. The number of esters is 1. The minimum atomic E-state index is -1.45. The lowest BCUT2D eigenvalue weighted by molar-refractivity contribution is -0.158. The Balaban J connectivity index is 1.69. The second-order valence-corrected chi connectivity index (χ2v) is 12.9. The molecule has 49 heavy (non-hydrogen) atoms. The summed E-state index contributed by atoms with van der Waals surface area (Å²) in [5, 5.41) is 20.0. The summed E-state index contributed by atoms with van der Waals surface area (Å²) < 4.78 is 5.63. The maximum atomic E-state index is 14.2. The number of cyclic esters (lactones) is 1. The number of benzene rings is 1. The van der Waals surface area contributed by atoms with Gasteiger partial charge in [-0.1, -0.05) is 37.3 Å². The average molecular weight is 686 g/mol. The maximum Gasteiger partial charge on any atom is 0.328 e. The topological polar surface area (TPSA) is 207 Å². The zero-order chi connectivity index (χ0) is 35.8. The summed E-state index contributed by atoms with van der Waals surface area (Å²) in [4.78, 5) is 98.3. The minimum Gasteiger partial charge on any atom is -0.461 e. The molecule has 1 aromatic rings. The molecule has 3 fully saturated rings. The molecule has 0 saturated carbocycles. The molecular weight excluding hydrogens is 638 g/mol. The number of ether oxygens (including phenoxy) is 1. The van der Waals surface area contributed by atoms with Crippen molar-refractivity contribution in [1.29, 1.82) is 0 Å². The molecule has 0 unspecified atom stereocenters. The fraction of sp³-hybridized carbons (Fsp3) is 0.606. The largest absolute Gasteiger partial charge is 0.461 e. The van der Waals surface area contributed by atoms with Crippen molar-refractivity contribution in [2.24, 2.45) is 5.92 Å². The van der Waals surface area contributed by atoms with Gasteiger partial charge in [0, 0.05) is 40.2 Å². The first-order valence-corrected chi connectivity index (χ1v) is 16.6. The monoisotopic (exact) mass is 685 g/mol. The van der Waals surface area contributed by atoms with E-state index < -0.39 is 91.0 Å². The maximum absolute atomic E-state index is 14.2. The Hall–Kier alpha value is -4.73. The Morgan fingerprint density at radius 1 is 1.02 bits per heavy atom. The molecule has 4 rings (SSSR count). The second kappa shape index (κ2) is 16.6. The van der Waals surface area contributed by atoms with E-state index in [9.17, 15) is 38.7 Å². The highest BCUT2D eigenvalue weighted by atomic mass is 16.5. The van der Waals surface area contributed by atoms with Crippen LogP contribution in [0.3, 0.4) is 0 Å². The number of amides is 7. The molecule has 0 radical (unpaired) electrons. The van der Waals surface area contributed by atoms with Gasteiger partial charge in [0.2, 0.25) is 29.5 Å². The molecule has 3 heterocycles. The molecule has 0 aromatic heterocycles. The number of urea groups is 1. The zero-order valence-corrected chi connectivity index (χ0v) is 28.3. The van der Waals surface area contributed by atoms with Gasteiger partial charge in [0.05, 0.1) is 0 Å². The van der Waals surface area contributed by atoms with Crippen LogP contribution in [0.1, 0.15) is 45.1 Å². The number of carbonyl (C=O) groups excluding carboxylic acids is 7. The number of nitrogens with one attached hydrogen (secondary N) is 4. The van der Waals surface area contributed by atoms with Crippen molar-refractivity contribution in [3.8, 4) is 0 Å². The number of aliphatic hydroxyl groups is 1. The molecule has 5 N–H and O–H groups in total. The second-order valence-electron chi connectivity index (χ2n) is 12.9. The summed E-state index contributed by atoms with van der Waals surface area (Å²) >= 11 is 0. The van der Waals surface area contributed by atoms with E-state index in [0.717, 1.165) is 5.56 Å². The molecule has 3 aliphatic heterocycles. The van der Waals surface area contributed by atoms with Crippen molar-refractivity contribution >= 4 is 41.5 Å². The van der Waals surface area contributed by atoms with Crippen LogP contribution in [-0.2, 0) is 39.9 Å². The Kier molecular flexibility index (Phi) is 12.6. The van der Waals surface area contributed by atoms with Gasteiger partial charge >= 0.3 is 12.0 Å². The fourth-order valence-electron chi connectivity index (χ4n) is 6.63. The van der Waals surface area contributed by atoms with Crippen LogP contribution in [-0.4, -0.2) is 138 Å². The number of likely N-dealkylation sites (N-methyl/N-ethyl adjacent to an activating group) is 1. The smallest absolute Gasteiger partial charge is 0.328 e. The van der Waals surface area contributed by atoms with E-state index in [1.54, 1.807) is 30.3 Å². The van der Waals surface area contributed by atoms with Crippen LogP contribution in [0, 0.1) is 5.92 Å². The molecule has 7 amide bonds. The Morgan fingerprint density at radius 2 is 1.73 bits per heavy atom. The van der Waals surface area contributed by atoms with Crippen LogP contribution in [0.2, 0.25) is 0 Å². The van der Waals surface area contributed by atoms with E-state index in [1.165, 1.54) is 35.7 Å². The van der Waals surface area contributed by atoms with Gasteiger partial charge in [-0.15, -0.1) is 0 Å². The number of aliphatic hydroxyl groups excluding tert-OH is 1. The Bertz CT molecular complexity index is 1410. The lowest BCUT2D eigenvalue weighted by Crippen LogP contribution is -2.61. The predicted molar refractivity (Wildman–Crippen MR) is 174 cm³/mol. The molecule has 3 aliphatic rings. The molecule has 1 aromatic carbocycles. The quantitative estimate of drug-likeness (QED) is 0.212. The number of rotatable bonds is 7. The van der Waals surface area contributed by atoms with Crippen molar-refractivity contribution in [3.63, 3.8) is 0 Å².